The van der Waals surface area contributed by atoms with Gasteiger partial charge in [-0.05, 0) is 25.3 Å². The third-order valence-corrected chi connectivity index (χ3v) is 6.62. The van der Waals surface area contributed by atoms with Crippen molar-refractivity contribution in [3.05, 3.63) is 53.0 Å². The van der Waals surface area contributed by atoms with Gasteiger partial charge in [0.25, 0.3) is 0 Å². The molecule has 2 aliphatic rings. The van der Waals surface area contributed by atoms with Gasteiger partial charge in [0.05, 0.1) is 12.1 Å². The molecule has 0 bridgehead atoms. The number of carbonyl (C=O) groups is 2. The van der Waals surface area contributed by atoms with Crippen LogP contribution < -0.4 is 4.90 Å². The number of piperidine rings is 1. The van der Waals surface area contributed by atoms with Gasteiger partial charge in [-0.15, -0.1) is 0 Å². The van der Waals surface area contributed by atoms with E-state index in [1.54, 1.807) is 4.90 Å². The monoisotopic (exact) mass is 435 g/mol. The zero-order chi connectivity index (χ0) is 22.8. The van der Waals surface area contributed by atoms with Crippen LogP contribution >= 0.6 is 0 Å². The lowest BCUT2D eigenvalue weighted by Gasteiger charge is -2.32. The first-order valence-electron chi connectivity index (χ1n) is 11.4. The number of hydrogen-bond acceptors (Lipinski definition) is 5. The number of anilines is 1. The molecule has 0 saturated carbocycles. The summed E-state index contributed by atoms with van der Waals surface area (Å²) in [6, 6.07) is 10.2. The quantitative estimate of drug-likeness (QED) is 0.722. The summed E-state index contributed by atoms with van der Waals surface area (Å²) in [4.78, 5) is 40.3. The summed E-state index contributed by atoms with van der Waals surface area (Å²) < 4.78 is 0. The second-order valence-electron chi connectivity index (χ2n) is 9.40. The van der Waals surface area contributed by atoms with Gasteiger partial charge in [-0.25, -0.2) is 9.97 Å². The molecule has 2 amide bonds. The van der Waals surface area contributed by atoms with Crippen molar-refractivity contribution in [1.82, 2.24) is 19.8 Å². The predicted molar refractivity (Wildman–Crippen MR) is 125 cm³/mol. The maximum absolute atomic E-state index is 12.8. The Labute approximate surface area is 190 Å². The van der Waals surface area contributed by atoms with Gasteiger partial charge in [0, 0.05) is 65.1 Å². The minimum atomic E-state index is 0.115. The lowest BCUT2D eigenvalue weighted by atomic mass is 9.94. The lowest BCUT2D eigenvalue weighted by molar-refractivity contribution is -0.131. The van der Waals surface area contributed by atoms with E-state index >= 15 is 0 Å². The SMILES string of the molecule is Cc1cccc(CC(=O)N2CCC(c3nc([C@H]4CC(=O)N(C)C4)cc(N(C)C)n3)CC2)c1. The minimum Gasteiger partial charge on any atom is -0.363 e. The fourth-order valence-electron chi connectivity index (χ4n) is 4.65. The third kappa shape index (κ3) is 4.92. The fraction of sp³-hybridized carbons (Fsp3) is 0.520. The summed E-state index contributed by atoms with van der Waals surface area (Å²) in [7, 11) is 5.81. The van der Waals surface area contributed by atoms with Crippen molar-refractivity contribution >= 4 is 17.6 Å². The average Bonchev–Trinajstić information content (AvgIpc) is 3.12. The molecule has 170 valence electrons. The summed E-state index contributed by atoms with van der Waals surface area (Å²) in [6.45, 7) is 4.21. The zero-order valence-electron chi connectivity index (χ0n) is 19.5. The highest BCUT2D eigenvalue weighted by Gasteiger charge is 2.31. The summed E-state index contributed by atoms with van der Waals surface area (Å²) in [5.74, 6) is 2.42. The molecular formula is C25H33N5O2. The average molecular weight is 436 g/mol. The van der Waals surface area contributed by atoms with Crippen LogP contribution in [0.25, 0.3) is 0 Å². The number of likely N-dealkylation sites (tertiary alicyclic amines) is 2. The first kappa shape index (κ1) is 22.2. The Balaban J connectivity index is 1.44. The number of carbonyl (C=O) groups excluding carboxylic acids is 2. The molecule has 0 spiro atoms. The molecule has 0 aliphatic carbocycles. The van der Waals surface area contributed by atoms with Gasteiger partial charge in [-0.2, -0.15) is 0 Å². The first-order chi connectivity index (χ1) is 15.3. The van der Waals surface area contributed by atoms with Crippen molar-refractivity contribution in [2.75, 3.05) is 45.7 Å². The molecule has 0 N–H and O–H groups in total. The molecule has 32 heavy (non-hydrogen) atoms. The van der Waals surface area contributed by atoms with E-state index in [4.69, 9.17) is 9.97 Å². The molecule has 2 saturated heterocycles. The molecular weight excluding hydrogens is 402 g/mol. The van der Waals surface area contributed by atoms with Crippen molar-refractivity contribution in [1.29, 1.82) is 0 Å². The van der Waals surface area contributed by atoms with Crippen LogP contribution in [-0.4, -0.2) is 72.4 Å². The Morgan fingerprint density at radius 1 is 1.12 bits per heavy atom. The number of aromatic nitrogens is 2. The van der Waals surface area contributed by atoms with Crippen molar-refractivity contribution in [2.24, 2.45) is 0 Å². The summed E-state index contributed by atoms with van der Waals surface area (Å²) in [6.07, 6.45) is 2.68. The maximum Gasteiger partial charge on any atom is 0.226 e. The van der Waals surface area contributed by atoms with Crippen LogP contribution in [0.3, 0.4) is 0 Å². The second kappa shape index (κ2) is 9.27. The molecule has 3 heterocycles. The van der Waals surface area contributed by atoms with Crippen molar-refractivity contribution in [2.45, 2.75) is 44.4 Å². The highest BCUT2D eigenvalue weighted by molar-refractivity contribution is 5.79. The predicted octanol–water partition coefficient (Wildman–Crippen LogP) is 2.75. The van der Waals surface area contributed by atoms with Crippen molar-refractivity contribution in [3.63, 3.8) is 0 Å². The minimum absolute atomic E-state index is 0.115. The van der Waals surface area contributed by atoms with Crippen LogP contribution in [0.4, 0.5) is 5.82 Å². The van der Waals surface area contributed by atoms with E-state index in [0.717, 1.165) is 48.8 Å². The first-order valence-corrected chi connectivity index (χ1v) is 11.4. The molecule has 1 aromatic carbocycles. The second-order valence-corrected chi connectivity index (χ2v) is 9.40. The molecule has 1 atom stereocenters. The molecule has 0 radical (unpaired) electrons. The van der Waals surface area contributed by atoms with Crippen molar-refractivity contribution in [3.8, 4) is 0 Å². The molecule has 2 fully saturated rings. The summed E-state index contributed by atoms with van der Waals surface area (Å²) in [5.41, 5.74) is 3.20. The number of hydrogen-bond donors (Lipinski definition) is 0. The van der Waals surface area contributed by atoms with E-state index in [1.807, 2.05) is 49.1 Å². The van der Waals surface area contributed by atoms with E-state index in [1.165, 1.54) is 5.56 Å². The standard InChI is InChI=1S/C25H33N5O2/c1-17-6-5-7-18(12-17)13-24(32)30-10-8-19(9-11-30)25-26-21(15-22(27-25)28(2)3)20-14-23(31)29(4)16-20/h5-7,12,15,19-20H,8-11,13-14,16H2,1-4H3/t20-/m0/s1. The Morgan fingerprint density at radius 2 is 1.88 bits per heavy atom. The number of nitrogens with zero attached hydrogens (tertiary/aromatic N) is 5. The molecule has 1 aromatic heterocycles. The van der Waals surface area contributed by atoms with E-state index < -0.39 is 0 Å². The van der Waals surface area contributed by atoms with Crippen LogP contribution in [0.5, 0.6) is 0 Å². The van der Waals surface area contributed by atoms with E-state index in [-0.39, 0.29) is 23.7 Å². The number of benzene rings is 1. The molecule has 7 heteroatoms. The van der Waals surface area contributed by atoms with Gasteiger partial charge >= 0.3 is 0 Å². The molecule has 2 aromatic rings. The van der Waals surface area contributed by atoms with Gasteiger partial charge < -0.3 is 14.7 Å². The Hall–Kier alpha value is -2.96. The third-order valence-electron chi connectivity index (χ3n) is 6.62. The van der Waals surface area contributed by atoms with Gasteiger partial charge in [-0.1, -0.05) is 29.8 Å². The van der Waals surface area contributed by atoms with Crippen LogP contribution in [0, 0.1) is 6.92 Å². The molecule has 4 rings (SSSR count). The van der Waals surface area contributed by atoms with Crippen LogP contribution in [0.15, 0.2) is 30.3 Å². The number of likely N-dealkylation sites (N-methyl/N-ethyl adjacent to an activating group) is 1. The molecule has 7 nitrogen and oxygen atoms in total. The zero-order valence-corrected chi connectivity index (χ0v) is 19.5. The normalized spacial score (nSPS) is 19.5. The lowest BCUT2D eigenvalue weighted by Crippen LogP contribution is -2.39. The van der Waals surface area contributed by atoms with E-state index in [9.17, 15) is 9.59 Å². The van der Waals surface area contributed by atoms with E-state index in [0.29, 0.717) is 19.4 Å². The Bertz CT molecular complexity index is 998. The highest BCUT2D eigenvalue weighted by Crippen LogP contribution is 2.32. The van der Waals surface area contributed by atoms with Crippen LogP contribution in [0.2, 0.25) is 0 Å². The van der Waals surface area contributed by atoms with E-state index in [2.05, 4.69) is 19.1 Å². The van der Waals surface area contributed by atoms with Crippen LogP contribution in [-0.2, 0) is 16.0 Å². The Kier molecular flexibility index (Phi) is 6.44. The number of rotatable bonds is 5. The smallest absolute Gasteiger partial charge is 0.226 e. The summed E-state index contributed by atoms with van der Waals surface area (Å²) in [5, 5.41) is 0. The molecule has 0 unspecified atom stereocenters. The maximum atomic E-state index is 12.8. The van der Waals surface area contributed by atoms with Gasteiger partial charge in [0.2, 0.25) is 11.8 Å². The molecule has 2 aliphatic heterocycles. The summed E-state index contributed by atoms with van der Waals surface area (Å²) >= 11 is 0. The van der Waals surface area contributed by atoms with Gasteiger partial charge in [0.15, 0.2) is 0 Å². The fourth-order valence-corrected chi connectivity index (χ4v) is 4.65. The number of aryl methyl sites for hydroxylation is 1. The number of amides is 2. The largest absolute Gasteiger partial charge is 0.363 e. The van der Waals surface area contributed by atoms with Crippen LogP contribution in [0.1, 0.15) is 53.7 Å². The van der Waals surface area contributed by atoms with Gasteiger partial charge in [0.1, 0.15) is 11.6 Å². The van der Waals surface area contributed by atoms with Crippen molar-refractivity contribution < 1.29 is 9.59 Å². The topological polar surface area (TPSA) is 69.6 Å². The Morgan fingerprint density at radius 3 is 2.50 bits per heavy atom. The highest BCUT2D eigenvalue weighted by atomic mass is 16.2. The van der Waals surface area contributed by atoms with Gasteiger partial charge in [-0.3, -0.25) is 9.59 Å².